The lowest BCUT2D eigenvalue weighted by Crippen LogP contribution is -2.14. The quantitative estimate of drug-likeness (QED) is 0.262. The van der Waals surface area contributed by atoms with Crippen LogP contribution in [-0.2, 0) is 11.3 Å². The minimum Gasteiger partial charge on any atom is -0.342 e. The summed E-state index contributed by atoms with van der Waals surface area (Å²) in [6.45, 7) is 2.46. The maximum atomic E-state index is 12.8. The number of fused-ring (bicyclic) bond motifs is 1. The molecule has 0 unspecified atom stereocenters. The van der Waals surface area contributed by atoms with E-state index in [1.807, 2.05) is 67.7 Å². The number of anilines is 1. The van der Waals surface area contributed by atoms with Gasteiger partial charge >= 0.3 is 0 Å². The number of para-hydroxylation sites is 1. The summed E-state index contributed by atoms with van der Waals surface area (Å²) in [5.74, 6) is -0.479. The van der Waals surface area contributed by atoms with Crippen molar-refractivity contribution >= 4 is 51.8 Å². The van der Waals surface area contributed by atoms with Crippen molar-refractivity contribution in [2.75, 3.05) is 5.32 Å². The zero-order chi connectivity index (χ0) is 22.7. The first-order chi connectivity index (χ1) is 15.5. The maximum Gasteiger partial charge on any atom is 0.266 e. The Balaban J connectivity index is 1.68. The molecular formula is C26H19Cl2N3O. The highest BCUT2D eigenvalue weighted by Gasteiger charge is 2.14. The normalized spacial score (nSPS) is 11.4. The number of nitriles is 1. The van der Waals surface area contributed by atoms with Crippen molar-refractivity contribution < 1.29 is 4.79 Å². The third-order valence-corrected chi connectivity index (χ3v) is 5.93. The van der Waals surface area contributed by atoms with E-state index in [0.29, 0.717) is 22.3 Å². The highest BCUT2D eigenvalue weighted by atomic mass is 35.5. The van der Waals surface area contributed by atoms with Gasteiger partial charge in [-0.15, -0.1) is 0 Å². The van der Waals surface area contributed by atoms with Gasteiger partial charge in [0.1, 0.15) is 11.6 Å². The predicted octanol–water partition coefficient (Wildman–Crippen LogP) is 6.85. The van der Waals surface area contributed by atoms with Gasteiger partial charge in [0.05, 0.1) is 0 Å². The molecular weight excluding hydrogens is 441 g/mol. The number of hydrogen-bond donors (Lipinski definition) is 1. The highest BCUT2D eigenvalue weighted by molar-refractivity contribution is 6.32. The summed E-state index contributed by atoms with van der Waals surface area (Å²) in [4.78, 5) is 12.8. The fraction of sp³-hybridized carbons (Fsp3) is 0.0769. The van der Waals surface area contributed by atoms with Crippen molar-refractivity contribution in [2.24, 2.45) is 0 Å². The fourth-order valence-corrected chi connectivity index (χ4v) is 3.84. The average Bonchev–Trinajstić information content (AvgIpc) is 3.14. The van der Waals surface area contributed by atoms with Crippen LogP contribution in [0.15, 0.2) is 78.5 Å². The number of amides is 1. The van der Waals surface area contributed by atoms with E-state index >= 15 is 0 Å². The van der Waals surface area contributed by atoms with Crippen molar-refractivity contribution in [1.82, 2.24) is 4.57 Å². The second-order valence-corrected chi connectivity index (χ2v) is 8.24. The smallest absolute Gasteiger partial charge is 0.266 e. The van der Waals surface area contributed by atoms with Crippen molar-refractivity contribution in [3.05, 3.63) is 105 Å². The number of nitrogens with one attached hydrogen (secondary N) is 1. The first kappa shape index (κ1) is 21.7. The Morgan fingerprint density at radius 3 is 2.56 bits per heavy atom. The first-order valence-corrected chi connectivity index (χ1v) is 10.7. The van der Waals surface area contributed by atoms with Gasteiger partial charge in [0.25, 0.3) is 5.91 Å². The molecule has 6 heteroatoms. The molecule has 0 atom stereocenters. The summed E-state index contributed by atoms with van der Waals surface area (Å²) in [7, 11) is 0. The number of carbonyl (C=O) groups excluding carboxylic acids is 1. The molecule has 32 heavy (non-hydrogen) atoms. The Morgan fingerprint density at radius 2 is 1.81 bits per heavy atom. The van der Waals surface area contributed by atoms with Gasteiger partial charge in [-0.1, -0.05) is 59.6 Å². The monoisotopic (exact) mass is 459 g/mol. The van der Waals surface area contributed by atoms with Gasteiger partial charge in [-0.3, -0.25) is 4.79 Å². The van der Waals surface area contributed by atoms with Gasteiger partial charge in [-0.25, -0.2) is 0 Å². The molecule has 0 aliphatic rings. The van der Waals surface area contributed by atoms with Gasteiger partial charge in [0.2, 0.25) is 0 Å². The van der Waals surface area contributed by atoms with Crippen LogP contribution in [0.5, 0.6) is 0 Å². The van der Waals surface area contributed by atoms with Gasteiger partial charge in [-0.05, 0) is 54.5 Å². The summed E-state index contributed by atoms with van der Waals surface area (Å²) in [5.41, 5.74) is 4.24. The van der Waals surface area contributed by atoms with E-state index in [1.165, 1.54) is 0 Å². The second kappa shape index (κ2) is 9.32. The van der Waals surface area contributed by atoms with Crippen LogP contribution in [0, 0.1) is 18.3 Å². The first-order valence-electron chi connectivity index (χ1n) is 9.97. The van der Waals surface area contributed by atoms with E-state index < -0.39 is 5.91 Å². The highest BCUT2D eigenvalue weighted by Crippen LogP contribution is 2.26. The lowest BCUT2D eigenvalue weighted by Gasteiger charge is -2.08. The molecule has 0 bridgehead atoms. The molecule has 0 saturated carbocycles. The topological polar surface area (TPSA) is 57.8 Å². The lowest BCUT2D eigenvalue weighted by molar-refractivity contribution is -0.112. The fourth-order valence-electron chi connectivity index (χ4n) is 3.54. The van der Waals surface area contributed by atoms with Gasteiger partial charge in [0, 0.05) is 44.9 Å². The molecule has 1 amide bonds. The summed E-state index contributed by atoms with van der Waals surface area (Å²) in [6, 6.07) is 22.9. The largest absolute Gasteiger partial charge is 0.342 e. The van der Waals surface area contributed by atoms with E-state index in [-0.39, 0.29) is 5.57 Å². The summed E-state index contributed by atoms with van der Waals surface area (Å²) in [6.07, 6.45) is 3.57. The molecule has 1 N–H and O–H groups in total. The van der Waals surface area contributed by atoms with Crippen LogP contribution in [-0.4, -0.2) is 10.5 Å². The second-order valence-electron chi connectivity index (χ2n) is 7.39. The molecule has 4 rings (SSSR count). The molecule has 3 aromatic carbocycles. The Bertz CT molecular complexity index is 1380. The molecule has 0 fully saturated rings. The minimum absolute atomic E-state index is 0.0128. The average molecular weight is 460 g/mol. The van der Waals surface area contributed by atoms with Crippen molar-refractivity contribution in [3.63, 3.8) is 0 Å². The summed E-state index contributed by atoms with van der Waals surface area (Å²) in [5, 5.41) is 14.7. The van der Waals surface area contributed by atoms with Gasteiger partial charge in [0.15, 0.2) is 0 Å². The number of benzene rings is 3. The van der Waals surface area contributed by atoms with Crippen molar-refractivity contribution in [2.45, 2.75) is 13.5 Å². The lowest BCUT2D eigenvalue weighted by atomic mass is 10.1. The molecule has 1 heterocycles. The van der Waals surface area contributed by atoms with Gasteiger partial charge < -0.3 is 9.88 Å². The predicted molar refractivity (Wildman–Crippen MR) is 131 cm³/mol. The Morgan fingerprint density at radius 1 is 1.06 bits per heavy atom. The molecule has 1 aromatic heterocycles. The van der Waals surface area contributed by atoms with E-state index in [4.69, 9.17) is 23.2 Å². The molecule has 0 spiro atoms. The Kier molecular flexibility index (Phi) is 6.32. The van der Waals surface area contributed by atoms with Crippen LogP contribution in [0.3, 0.4) is 0 Å². The summed E-state index contributed by atoms with van der Waals surface area (Å²) >= 11 is 12.1. The third-order valence-electron chi connectivity index (χ3n) is 5.27. The molecule has 0 aliphatic carbocycles. The van der Waals surface area contributed by atoms with Crippen molar-refractivity contribution in [3.8, 4) is 6.07 Å². The number of aromatic nitrogens is 1. The Hall–Kier alpha value is -3.52. The molecule has 0 radical (unpaired) electrons. The maximum absolute atomic E-state index is 12.8. The molecule has 0 saturated heterocycles. The number of halogens is 2. The summed E-state index contributed by atoms with van der Waals surface area (Å²) < 4.78 is 2.10. The number of carbonyl (C=O) groups is 1. The van der Waals surface area contributed by atoms with Crippen LogP contribution in [0.2, 0.25) is 10.0 Å². The Labute approximate surface area is 196 Å². The van der Waals surface area contributed by atoms with Crippen LogP contribution >= 0.6 is 23.2 Å². The number of hydrogen-bond acceptors (Lipinski definition) is 2. The van der Waals surface area contributed by atoms with E-state index in [1.54, 1.807) is 24.3 Å². The molecule has 4 aromatic rings. The van der Waals surface area contributed by atoms with Crippen LogP contribution in [0.25, 0.3) is 17.0 Å². The van der Waals surface area contributed by atoms with Crippen LogP contribution in [0.4, 0.5) is 5.69 Å². The number of rotatable bonds is 5. The SMILES string of the molecule is Cc1c(Cl)cccc1NC(=O)/C(C#N)=C\c1cn(Cc2ccc(Cl)cc2)c2ccccc12. The third kappa shape index (κ3) is 4.55. The zero-order valence-corrected chi connectivity index (χ0v) is 18.8. The van der Waals surface area contributed by atoms with Crippen LogP contribution in [0.1, 0.15) is 16.7 Å². The number of nitrogens with zero attached hydrogens (tertiary/aromatic N) is 2. The zero-order valence-electron chi connectivity index (χ0n) is 17.3. The van der Waals surface area contributed by atoms with Crippen LogP contribution < -0.4 is 5.32 Å². The van der Waals surface area contributed by atoms with Gasteiger partial charge in [-0.2, -0.15) is 5.26 Å². The standard InChI is InChI=1S/C26H19Cl2N3O/c1-17-23(28)6-4-7-24(17)30-26(32)19(14-29)13-20-16-31(25-8-3-2-5-22(20)25)15-18-9-11-21(27)12-10-18/h2-13,16H,15H2,1H3,(H,30,32)/b19-13-. The molecule has 158 valence electrons. The van der Waals surface area contributed by atoms with E-state index in [9.17, 15) is 10.1 Å². The van der Waals surface area contributed by atoms with E-state index in [2.05, 4.69) is 9.88 Å². The molecule has 4 nitrogen and oxygen atoms in total. The van der Waals surface area contributed by atoms with E-state index in [0.717, 1.165) is 27.6 Å². The minimum atomic E-state index is -0.479. The molecule has 0 aliphatic heterocycles. The van der Waals surface area contributed by atoms with Crippen molar-refractivity contribution in [1.29, 1.82) is 5.26 Å².